The highest BCUT2D eigenvalue weighted by Gasteiger charge is 2.31. The number of hydrogen-bond acceptors (Lipinski definition) is 5. The van der Waals surface area contributed by atoms with Crippen LogP contribution in [0.3, 0.4) is 0 Å². The second kappa shape index (κ2) is 8.72. The Morgan fingerprint density at radius 2 is 1.85 bits per heavy atom. The van der Waals surface area contributed by atoms with Crippen molar-refractivity contribution in [1.29, 1.82) is 0 Å². The van der Waals surface area contributed by atoms with Gasteiger partial charge in [-0.15, -0.1) is 10.2 Å². The first-order chi connectivity index (χ1) is 16.2. The molecule has 33 heavy (non-hydrogen) atoms. The topological polar surface area (TPSA) is 61.7 Å². The van der Waals surface area contributed by atoms with Crippen LogP contribution < -0.4 is 0 Å². The fourth-order valence-electron chi connectivity index (χ4n) is 4.09. The molecule has 0 amide bonds. The van der Waals surface area contributed by atoms with Crippen LogP contribution in [0.5, 0.6) is 0 Å². The number of benzene rings is 2. The number of aromatic nitrogens is 5. The second-order valence-electron chi connectivity index (χ2n) is 8.30. The number of imidazole rings is 1. The highest BCUT2D eigenvalue weighted by molar-refractivity contribution is 7.98. The number of rotatable bonds is 8. The summed E-state index contributed by atoms with van der Waals surface area (Å²) >= 11 is 7.92. The van der Waals surface area contributed by atoms with Crippen LogP contribution in [-0.4, -0.2) is 24.3 Å². The third kappa shape index (κ3) is 4.30. The number of halogens is 1. The molecular weight excluding hydrogens is 454 g/mol. The lowest BCUT2D eigenvalue weighted by atomic mass is 10.2. The van der Waals surface area contributed by atoms with E-state index in [1.165, 1.54) is 18.4 Å². The first kappa shape index (κ1) is 20.6. The van der Waals surface area contributed by atoms with Gasteiger partial charge in [-0.05, 0) is 48.7 Å². The highest BCUT2D eigenvalue weighted by Crippen LogP contribution is 2.40. The second-order valence-corrected chi connectivity index (χ2v) is 9.68. The molecule has 1 fully saturated rings. The summed E-state index contributed by atoms with van der Waals surface area (Å²) in [7, 11) is 0. The van der Waals surface area contributed by atoms with Crippen LogP contribution in [0, 0.1) is 0 Å². The summed E-state index contributed by atoms with van der Waals surface area (Å²) in [5, 5.41) is 10.6. The van der Waals surface area contributed by atoms with E-state index < -0.39 is 0 Å². The maximum atomic E-state index is 6.26. The third-order valence-electron chi connectivity index (χ3n) is 5.89. The summed E-state index contributed by atoms with van der Waals surface area (Å²) in [6.45, 7) is 1.39. The summed E-state index contributed by atoms with van der Waals surface area (Å²) in [6, 6.07) is 20.3. The molecule has 0 atom stereocenters. The predicted octanol–water partition coefficient (Wildman–Crippen LogP) is 6.14. The summed E-state index contributed by atoms with van der Waals surface area (Å²) in [4.78, 5) is 4.93. The van der Waals surface area contributed by atoms with E-state index in [0.29, 0.717) is 23.2 Å². The standard InChI is InChI=1S/C25H22ClN5OS/c26-19-10-11-22-21(13-19)27-23(30(22)14-17-5-2-1-3-6-17)16-33-25-29-28-24(18-8-9-18)31(25)15-20-7-4-12-32-20/h1-7,10-13,18H,8-9,14-16H2. The van der Waals surface area contributed by atoms with Crippen molar-refractivity contribution in [2.24, 2.45) is 0 Å². The fraction of sp³-hybridized carbons (Fsp3) is 0.240. The van der Waals surface area contributed by atoms with Crippen molar-refractivity contribution < 1.29 is 4.42 Å². The molecular formula is C25H22ClN5OS. The van der Waals surface area contributed by atoms with Gasteiger partial charge in [-0.1, -0.05) is 53.7 Å². The molecule has 5 aromatic rings. The number of hydrogen-bond donors (Lipinski definition) is 0. The van der Waals surface area contributed by atoms with Crippen molar-refractivity contribution in [3.05, 3.63) is 94.9 Å². The first-order valence-electron chi connectivity index (χ1n) is 11.0. The molecule has 0 bridgehead atoms. The Hall–Kier alpha value is -3.03. The quantitative estimate of drug-likeness (QED) is 0.252. The summed E-state index contributed by atoms with van der Waals surface area (Å²) < 4.78 is 10.1. The van der Waals surface area contributed by atoms with Gasteiger partial charge in [0.15, 0.2) is 5.16 Å². The molecule has 0 radical (unpaired) electrons. The van der Waals surface area contributed by atoms with Gasteiger partial charge in [0.2, 0.25) is 0 Å². The first-order valence-corrected chi connectivity index (χ1v) is 12.4. The summed E-state index contributed by atoms with van der Waals surface area (Å²) in [5.74, 6) is 4.14. The minimum absolute atomic E-state index is 0.506. The van der Waals surface area contributed by atoms with Gasteiger partial charge in [0, 0.05) is 17.5 Å². The Morgan fingerprint density at radius 1 is 0.970 bits per heavy atom. The van der Waals surface area contributed by atoms with Gasteiger partial charge in [-0.2, -0.15) is 0 Å². The van der Waals surface area contributed by atoms with Gasteiger partial charge < -0.3 is 8.98 Å². The van der Waals surface area contributed by atoms with Crippen LogP contribution >= 0.6 is 23.4 Å². The Bertz CT molecular complexity index is 1390. The van der Waals surface area contributed by atoms with E-state index in [1.807, 2.05) is 36.4 Å². The molecule has 1 aliphatic rings. The number of nitrogens with zero attached hydrogens (tertiary/aromatic N) is 5. The highest BCUT2D eigenvalue weighted by atomic mass is 35.5. The SMILES string of the molecule is Clc1ccc2c(c1)nc(CSc1nnc(C3CC3)n1Cc1ccco1)n2Cc1ccccc1. The van der Waals surface area contributed by atoms with Crippen molar-refractivity contribution in [2.45, 2.75) is 42.8 Å². The van der Waals surface area contributed by atoms with E-state index in [2.05, 4.69) is 43.6 Å². The van der Waals surface area contributed by atoms with Gasteiger partial charge >= 0.3 is 0 Å². The minimum Gasteiger partial charge on any atom is -0.467 e. The lowest BCUT2D eigenvalue weighted by molar-refractivity contribution is 0.478. The lowest BCUT2D eigenvalue weighted by Crippen LogP contribution is -2.07. The van der Waals surface area contributed by atoms with Crippen LogP contribution in [0.1, 0.15) is 41.7 Å². The van der Waals surface area contributed by atoms with Crippen molar-refractivity contribution in [3.63, 3.8) is 0 Å². The zero-order chi connectivity index (χ0) is 22.2. The molecule has 6 nitrogen and oxygen atoms in total. The molecule has 8 heteroatoms. The van der Waals surface area contributed by atoms with Gasteiger partial charge in [-0.3, -0.25) is 4.57 Å². The molecule has 0 aliphatic heterocycles. The molecule has 0 saturated heterocycles. The minimum atomic E-state index is 0.506. The van der Waals surface area contributed by atoms with Gasteiger partial charge in [-0.25, -0.2) is 4.98 Å². The van der Waals surface area contributed by atoms with Crippen molar-refractivity contribution in [3.8, 4) is 0 Å². The molecule has 3 heterocycles. The Morgan fingerprint density at radius 3 is 2.64 bits per heavy atom. The van der Waals surface area contributed by atoms with E-state index in [9.17, 15) is 0 Å². The number of thioether (sulfide) groups is 1. The summed E-state index contributed by atoms with van der Waals surface area (Å²) in [5.41, 5.74) is 3.22. The number of furan rings is 1. The van der Waals surface area contributed by atoms with E-state index >= 15 is 0 Å². The van der Waals surface area contributed by atoms with Crippen LogP contribution in [0.2, 0.25) is 5.02 Å². The zero-order valence-electron chi connectivity index (χ0n) is 17.9. The Balaban J connectivity index is 1.32. The maximum Gasteiger partial charge on any atom is 0.192 e. The van der Waals surface area contributed by atoms with Crippen LogP contribution in [0.15, 0.2) is 76.5 Å². The Kier molecular flexibility index (Phi) is 5.44. The maximum absolute atomic E-state index is 6.26. The largest absolute Gasteiger partial charge is 0.467 e. The molecule has 0 unspecified atom stereocenters. The van der Waals surface area contributed by atoms with E-state index in [1.54, 1.807) is 18.0 Å². The molecule has 1 aliphatic carbocycles. The van der Waals surface area contributed by atoms with E-state index in [-0.39, 0.29) is 0 Å². The molecule has 0 spiro atoms. The smallest absolute Gasteiger partial charge is 0.192 e. The van der Waals surface area contributed by atoms with Crippen molar-refractivity contribution in [1.82, 2.24) is 24.3 Å². The van der Waals surface area contributed by atoms with E-state index in [0.717, 1.165) is 40.1 Å². The van der Waals surface area contributed by atoms with Crippen LogP contribution in [-0.2, 0) is 18.8 Å². The van der Waals surface area contributed by atoms with E-state index in [4.69, 9.17) is 21.0 Å². The molecule has 3 aromatic heterocycles. The predicted molar refractivity (Wildman–Crippen MR) is 130 cm³/mol. The molecule has 6 rings (SSSR count). The average Bonchev–Trinajstić information content (AvgIpc) is 3.23. The average molecular weight is 476 g/mol. The fourth-order valence-corrected chi connectivity index (χ4v) is 5.15. The Labute approximate surface area is 200 Å². The molecule has 1 saturated carbocycles. The lowest BCUT2D eigenvalue weighted by Gasteiger charge is -2.11. The normalized spacial score (nSPS) is 13.7. The molecule has 0 N–H and O–H groups in total. The summed E-state index contributed by atoms with van der Waals surface area (Å²) in [6.07, 6.45) is 4.06. The number of fused-ring (bicyclic) bond motifs is 1. The van der Waals surface area contributed by atoms with Crippen molar-refractivity contribution in [2.75, 3.05) is 0 Å². The van der Waals surface area contributed by atoms with Gasteiger partial charge in [0.1, 0.15) is 17.4 Å². The monoisotopic (exact) mass is 475 g/mol. The van der Waals surface area contributed by atoms with Gasteiger partial charge in [0.25, 0.3) is 0 Å². The van der Waals surface area contributed by atoms with Gasteiger partial charge in [0.05, 0.1) is 29.6 Å². The van der Waals surface area contributed by atoms with Crippen LogP contribution in [0.4, 0.5) is 0 Å². The third-order valence-corrected chi connectivity index (χ3v) is 7.08. The molecule has 2 aromatic carbocycles. The van der Waals surface area contributed by atoms with Crippen molar-refractivity contribution >= 4 is 34.4 Å². The zero-order valence-corrected chi connectivity index (χ0v) is 19.5. The molecule has 166 valence electrons. The van der Waals surface area contributed by atoms with Crippen LogP contribution in [0.25, 0.3) is 11.0 Å².